The highest BCUT2D eigenvalue weighted by Crippen LogP contribution is 2.27. The number of halogens is 2. The summed E-state index contributed by atoms with van der Waals surface area (Å²) in [7, 11) is 0. The Morgan fingerprint density at radius 2 is 1.57 bits per heavy atom. The molecule has 0 aliphatic rings. The van der Waals surface area contributed by atoms with Crippen molar-refractivity contribution in [3.05, 3.63) is 135 Å². The van der Waals surface area contributed by atoms with E-state index in [-0.39, 0.29) is 17.4 Å². The van der Waals surface area contributed by atoms with Gasteiger partial charge in [-0.15, -0.1) is 23.1 Å². The first kappa shape index (κ1) is 31.2. The number of nitrogens with one attached hydrogen (secondary N) is 3. The Balaban J connectivity index is 1.18. The van der Waals surface area contributed by atoms with Gasteiger partial charge in [0.05, 0.1) is 11.4 Å². The molecule has 0 bridgehead atoms. The number of benzene rings is 4. The average molecular weight is 704 g/mol. The van der Waals surface area contributed by atoms with Crippen LogP contribution >= 0.6 is 50.6 Å². The molecule has 1 heterocycles. The Kier molecular flexibility index (Phi) is 10.6. The van der Waals surface area contributed by atoms with Crippen molar-refractivity contribution in [3.63, 3.8) is 0 Å². The number of hydrogen-bond acceptors (Lipinski definition) is 6. The highest BCUT2D eigenvalue weighted by molar-refractivity contribution is 9.10. The maximum Gasteiger partial charge on any atom is 0.272 e. The highest BCUT2D eigenvalue weighted by atomic mass is 79.9. The van der Waals surface area contributed by atoms with Crippen molar-refractivity contribution < 1.29 is 14.4 Å². The molecule has 44 heavy (non-hydrogen) atoms. The van der Waals surface area contributed by atoms with Gasteiger partial charge in [0.15, 0.2) is 5.13 Å². The van der Waals surface area contributed by atoms with Crippen molar-refractivity contribution >= 4 is 85.2 Å². The molecule has 0 aliphatic heterocycles. The van der Waals surface area contributed by atoms with Gasteiger partial charge in [0.25, 0.3) is 11.8 Å². The predicted octanol–water partition coefficient (Wildman–Crippen LogP) is 8.37. The fourth-order valence-corrected chi connectivity index (χ4v) is 5.71. The van der Waals surface area contributed by atoms with E-state index in [4.69, 9.17) is 11.6 Å². The SMILES string of the molecule is O=C(CSc1ccc(NC(=O)/C(=C/c2ccc(Br)cc2)NC(=O)c2ccccc2)cc1)Nc1nc(-c2ccc(Cl)cc2)cs1. The standard InChI is InChI=1S/C33H24BrClN4O3S2/c34-24-10-6-21(7-11-24)18-28(37-31(41)23-4-2-1-3-5-23)32(42)36-26-14-16-27(17-15-26)43-20-30(40)39-33-38-29(19-44-33)22-8-12-25(35)13-9-22/h1-19H,20H2,(H,36,42)(H,37,41)(H,38,39,40)/b28-18-. The second-order valence-corrected chi connectivity index (χ2v) is 12.5. The van der Waals surface area contributed by atoms with Gasteiger partial charge in [0.2, 0.25) is 5.91 Å². The van der Waals surface area contributed by atoms with E-state index in [1.165, 1.54) is 23.1 Å². The minimum absolute atomic E-state index is 0.0951. The largest absolute Gasteiger partial charge is 0.321 e. The molecule has 0 saturated heterocycles. The third-order valence-electron chi connectivity index (χ3n) is 6.08. The van der Waals surface area contributed by atoms with E-state index in [0.29, 0.717) is 21.4 Å². The molecule has 0 aliphatic carbocycles. The topological polar surface area (TPSA) is 100 Å². The summed E-state index contributed by atoms with van der Waals surface area (Å²) in [5.41, 5.74) is 3.50. The predicted molar refractivity (Wildman–Crippen MR) is 183 cm³/mol. The van der Waals surface area contributed by atoms with Crippen molar-refractivity contribution in [1.82, 2.24) is 10.3 Å². The molecule has 0 unspecified atom stereocenters. The molecule has 0 fully saturated rings. The normalized spacial score (nSPS) is 11.1. The maximum absolute atomic E-state index is 13.3. The van der Waals surface area contributed by atoms with Crippen molar-refractivity contribution in [3.8, 4) is 11.3 Å². The molecule has 0 spiro atoms. The monoisotopic (exact) mass is 702 g/mol. The van der Waals surface area contributed by atoms with E-state index >= 15 is 0 Å². The van der Waals surface area contributed by atoms with Gasteiger partial charge in [-0.25, -0.2) is 4.98 Å². The van der Waals surface area contributed by atoms with Crippen molar-refractivity contribution in [2.45, 2.75) is 4.90 Å². The molecule has 5 rings (SSSR count). The summed E-state index contributed by atoms with van der Waals surface area (Å²) in [6.07, 6.45) is 1.62. The average Bonchev–Trinajstić information content (AvgIpc) is 3.50. The zero-order valence-corrected chi connectivity index (χ0v) is 26.9. The van der Waals surface area contributed by atoms with E-state index in [1.807, 2.05) is 60.0 Å². The first-order valence-corrected chi connectivity index (χ1v) is 16.3. The molecular weight excluding hydrogens is 680 g/mol. The van der Waals surface area contributed by atoms with Crippen LogP contribution < -0.4 is 16.0 Å². The Morgan fingerprint density at radius 1 is 0.864 bits per heavy atom. The van der Waals surface area contributed by atoms with E-state index in [9.17, 15) is 14.4 Å². The van der Waals surface area contributed by atoms with Crippen LogP contribution in [0.25, 0.3) is 17.3 Å². The Labute approximate surface area is 275 Å². The Hall–Kier alpha value is -4.22. The fourth-order valence-electron chi connectivity index (χ4n) is 3.89. The molecule has 220 valence electrons. The second kappa shape index (κ2) is 15.0. The molecule has 5 aromatic rings. The zero-order chi connectivity index (χ0) is 30.9. The molecule has 3 N–H and O–H groups in total. The van der Waals surface area contributed by atoms with E-state index in [0.717, 1.165) is 26.2 Å². The molecule has 1 aromatic heterocycles. The maximum atomic E-state index is 13.3. The Bertz CT molecular complexity index is 1790. The molecule has 0 radical (unpaired) electrons. The van der Waals surface area contributed by atoms with Gasteiger partial charge in [0.1, 0.15) is 5.70 Å². The number of amides is 3. The molecule has 0 atom stereocenters. The van der Waals surface area contributed by atoms with Crippen molar-refractivity contribution in [1.29, 1.82) is 0 Å². The first-order chi connectivity index (χ1) is 21.3. The smallest absolute Gasteiger partial charge is 0.272 e. The third-order valence-corrected chi connectivity index (χ3v) is 8.63. The number of thiazole rings is 1. The number of thioether (sulfide) groups is 1. The third kappa shape index (κ3) is 8.90. The molecule has 11 heteroatoms. The van der Waals surface area contributed by atoms with Crippen LogP contribution in [0.4, 0.5) is 10.8 Å². The number of anilines is 2. The molecule has 7 nitrogen and oxygen atoms in total. The molecule has 0 saturated carbocycles. The van der Waals surface area contributed by atoms with E-state index in [2.05, 4.69) is 36.9 Å². The van der Waals surface area contributed by atoms with Crippen LogP contribution in [0.15, 0.2) is 124 Å². The number of carbonyl (C=O) groups is 3. The quantitative estimate of drug-likeness (QED) is 0.100. The van der Waals surface area contributed by atoms with Crippen LogP contribution in [0.3, 0.4) is 0 Å². The fraction of sp³-hybridized carbons (Fsp3) is 0.0303. The zero-order valence-electron chi connectivity index (χ0n) is 22.9. The van der Waals surface area contributed by atoms with Crippen molar-refractivity contribution in [2.75, 3.05) is 16.4 Å². The summed E-state index contributed by atoms with van der Waals surface area (Å²) in [4.78, 5) is 44.0. The summed E-state index contributed by atoms with van der Waals surface area (Å²) in [6, 6.07) is 30.5. The summed E-state index contributed by atoms with van der Waals surface area (Å²) in [5.74, 6) is -0.861. The minimum atomic E-state index is -0.474. The molecule has 4 aromatic carbocycles. The number of nitrogens with zero attached hydrogens (tertiary/aromatic N) is 1. The lowest BCUT2D eigenvalue weighted by molar-refractivity contribution is -0.114. The first-order valence-electron chi connectivity index (χ1n) is 13.2. The van der Waals surface area contributed by atoms with Crippen LogP contribution in [0.5, 0.6) is 0 Å². The van der Waals surface area contributed by atoms with Crippen LogP contribution in [0.1, 0.15) is 15.9 Å². The number of hydrogen-bond donors (Lipinski definition) is 3. The van der Waals surface area contributed by atoms with Crippen LogP contribution in [-0.4, -0.2) is 28.5 Å². The van der Waals surface area contributed by atoms with Gasteiger partial charge in [-0.3, -0.25) is 14.4 Å². The summed E-state index contributed by atoms with van der Waals surface area (Å²) >= 11 is 12.1. The molecular formula is C33H24BrClN4O3S2. The van der Waals surface area contributed by atoms with Crippen molar-refractivity contribution in [2.24, 2.45) is 0 Å². The van der Waals surface area contributed by atoms with Gasteiger partial charge < -0.3 is 16.0 Å². The minimum Gasteiger partial charge on any atom is -0.321 e. The lowest BCUT2D eigenvalue weighted by atomic mass is 10.1. The van der Waals surface area contributed by atoms with Crippen LogP contribution in [0, 0.1) is 0 Å². The van der Waals surface area contributed by atoms with Gasteiger partial charge in [-0.2, -0.15) is 0 Å². The van der Waals surface area contributed by atoms with Gasteiger partial charge in [-0.1, -0.05) is 70.0 Å². The van der Waals surface area contributed by atoms with Gasteiger partial charge in [0, 0.05) is 36.6 Å². The number of carbonyl (C=O) groups excluding carboxylic acids is 3. The van der Waals surface area contributed by atoms with Crippen LogP contribution in [-0.2, 0) is 9.59 Å². The lowest BCUT2D eigenvalue weighted by Gasteiger charge is -2.12. The summed E-state index contributed by atoms with van der Waals surface area (Å²) in [6.45, 7) is 0. The van der Waals surface area contributed by atoms with E-state index in [1.54, 1.807) is 54.6 Å². The Morgan fingerprint density at radius 3 is 2.27 bits per heavy atom. The highest BCUT2D eigenvalue weighted by Gasteiger charge is 2.15. The second-order valence-electron chi connectivity index (χ2n) is 9.29. The number of rotatable bonds is 10. The summed E-state index contributed by atoms with van der Waals surface area (Å²) in [5, 5.41) is 11.5. The number of aromatic nitrogens is 1. The molecule has 3 amide bonds. The summed E-state index contributed by atoms with van der Waals surface area (Å²) < 4.78 is 0.899. The van der Waals surface area contributed by atoms with E-state index < -0.39 is 11.8 Å². The lowest BCUT2D eigenvalue weighted by Crippen LogP contribution is -2.30. The van der Waals surface area contributed by atoms with Crippen LogP contribution in [0.2, 0.25) is 5.02 Å². The van der Waals surface area contributed by atoms with Gasteiger partial charge in [-0.05, 0) is 72.3 Å². The van der Waals surface area contributed by atoms with Gasteiger partial charge >= 0.3 is 0 Å².